The molecule has 1 atom stereocenters. The lowest BCUT2D eigenvalue weighted by atomic mass is 10.0. The van der Waals surface area contributed by atoms with Gasteiger partial charge < -0.3 is 10.2 Å². The van der Waals surface area contributed by atoms with Crippen molar-refractivity contribution in [3.8, 4) is 0 Å². The van der Waals surface area contributed by atoms with Gasteiger partial charge in [0.25, 0.3) is 0 Å². The monoisotopic (exact) mass is 238 g/mol. The second kappa shape index (κ2) is 5.52. The van der Waals surface area contributed by atoms with Crippen LogP contribution in [0, 0.1) is 5.92 Å². The van der Waals surface area contributed by atoms with Gasteiger partial charge in [0.2, 0.25) is 11.8 Å². The van der Waals surface area contributed by atoms with E-state index in [0.29, 0.717) is 19.4 Å². The third-order valence-corrected chi connectivity index (χ3v) is 3.96. The SMILES string of the molecule is CN1CC(NC(=O)CCC2CCCC2)CC1=O. The largest absolute Gasteiger partial charge is 0.351 e. The fourth-order valence-corrected chi connectivity index (χ4v) is 2.89. The summed E-state index contributed by atoms with van der Waals surface area (Å²) in [7, 11) is 1.78. The second-order valence-corrected chi connectivity index (χ2v) is 5.43. The summed E-state index contributed by atoms with van der Waals surface area (Å²) in [6.45, 7) is 0.661. The molecule has 4 heteroatoms. The lowest BCUT2D eigenvalue weighted by Gasteiger charge is -2.13. The summed E-state index contributed by atoms with van der Waals surface area (Å²) in [6.07, 6.45) is 7.34. The van der Waals surface area contributed by atoms with E-state index >= 15 is 0 Å². The quantitative estimate of drug-likeness (QED) is 0.802. The van der Waals surface area contributed by atoms with Crippen LogP contribution in [-0.4, -0.2) is 36.3 Å². The van der Waals surface area contributed by atoms with Crippen molar-refractivity contribution in [3.63, 3.8) is 0 Å². The lowest BCUT2D eigenvalue weighted by molar-refractivity contribution is -0.126. The zero-order valence-corrected chi connectivity index (χ0v) is 10.6. The van der Waals surface area contributed by atoms with Crippen LogP contribution in [0.15, 0.2) is 0 Å². The van der Waals surface area contributed by atoms with Crippen LogP contribution in [0.1, 0.15) is 44.9 Å². The maximum atomic E-state index is 11.7. The van der Waals surface area contributed by atoms with Crippen molar-refractivity contribution in [1.82, 2.24) is 10.2 Å². The second-order valence-electron chi connectivity index (χ2n) is 5.43. The Morgan fingerprint density at radius 3 is 2.71 bits per heavy atom. The Morgan fingerprint density at radius 1 is 1.41 bits per heavy atom. The number of hydrogen-bond acceptors (Lipinski definition) is 2. The fraction of sp³-hybridized carbons (Fsp3) is 0.846. The Hall–Kier alpha value is -1.06. The van der Waals surface area contributed by atoms with Crippen molar-refractivity contribution in [2.24, 2.45) is 5.92 Å². The van der Waals surface area contributed by atoms with E-state index in [9.17, 15) is 9.59 Å². The Bertz CT molecular complexity index is 298. The number of nitrogens with one attached hydrogen (secondary N) is 1. The molecule has 2 rings (SSSR count). The number of nitrogens with zero attached hydrogens (tertiary/aromatic N) is 1. The molecule has 1 unspecified atom stereocenters. The highest BCUT2D eigenvalue weighted by molar-refractivity contribution is 5.81. The maximum absolute atomic E-state index is 11.7. The van der Waals surface area contributed by atoms with Gasteiger partial charge in [0.15, 0.2) is 0 Å². The number of amides is 2. The summed E-state index contributed by atoms with van der Waals surface area (Å²) in [5.74, 6) is 1.00. The van der Waals surface area contributed by atoms with Gasteiger partial charge in [0, 0.05) is 26.4 Å². The normalized spacial score (nSPS) is 25.6. The van der Waals surface area contributed by atoms with E-state index in [-0.39, 0.29) is 17.9 Å². The topological polar surface area (TPSA) is 49.4 Å². The van der Waals surface area contributed by atoms with Crippen molar-refractivity contribution in [2.75, 3.05) is 13.6 Å². The number of rotatable bonds is 4. The summed E-state index contributed by atoms with van der Waals surface area (Å²) in [6, 6.07) is 0.0311. The molecule has 2 fully saturated rings. The third kappa shape index (κ3) is 3.45. The van der Waals surface area contributed by atoms with E-state index in [1.54, 1.807) is 11.9 Å². The maximum Gasteiger partial charge on any atom is 0.224 e. The van der Waals surface area contributed by atoms with Crippen molar-refractivity contribution < 1.29 is 9.59 Å². The van der Waals surface area contributed by atoms with Crippen LogP contribution in [-0.2, 0) is 9.59 Å². The van der Waals surface area contributed by atoms with E-state index in [2.05, 4.69) is 5.32 Å². The summed E-state index contributed by atoms with van der Waals surface area (Å²) in [5.41, 5.74) is 0. The molecule has 1 saturated heterocycles. The first kappa shape index (κ1) is 12.4. The lowest BCUT2D eigenvalue weighted by Crippen LogP contribution is -2.36. The van der Waals surface area contributed by atoms with E-state index in [4.69, 9.17) is 0 Å². The molecule has 0 spiro atoms. The van der Waals surface area contributed by atoms with E-state index < -0.39 is 0 Å². The molecule has 0 aromatic heterocycles. The molecule has 0 aromatic rings. The zero-order chi connectivity index (χ0) is 12.3. The van der Waals surface area contributed by atoms with Gasteiger partial charge in [0.05, 0.1) is 6.04 Å². The first-order valence-electron chi connectivity index (χ1n) is 6.68. The number of likely N-dealkylation sites (N-methyl/N-ethyl adjacent to an activating group) is 1. The molecule has 0 radical (unpaired) electrons. The smallest absolute Gasteiger partial charge is 0.224 e. The molecule has 17 heavy (non-hydrogen) atoms. The minimum absolute atomic E-state index is 0.0311. The number of carbonyl (C=O) groups is 2. The highest BCUT2D eigenvalue weighted by Gasteiger charge is 2.27. The van der Waals surface area contributed by atoms with Gasteiger partial charge in [-0.2, -0.15) is 0 Å². The Kier molecular flexibility index (Phi) is 4.02. The van der Waals surface area contributed by atoms with Crippen molar-refractivity contribution >= 4 is 11.8 Å². The van der Waals surface area contributed by atoms with Crippen LogP contribution < -0.4 is 5.32 Å². The summed E-state index contributed by atoms with van der Waals surface area (Å²) >= 11 is 0. The van der Waals surface area contributed by atoms with E-state index in [1.807, 2.05) is 0 Å². The first-order chi connectivity index (χ1) is 8.15. The Labute approximate surface area is 103 Å². The van der Waals surface area contributed by atoms with Crippen LogP contribution >= 0.6 is 0 Å². The standard InChI is InChI=1S/C13H22N2O2/c1-15-9-11(8-13(15)17)14-12(16)7-6-10-4-2-3-5-10/h10-11H,2-9H2,1H3,(H,14,16). The fourth-order valence-electron chi connectivity index (χ4n) is 2.89. The molecule has 2 aliphatic rings. The molecule has 0 aromatic carbocycles. The Balaban J connectivity index is 1.65. The van der Waals surface area contributed by atoms with Gasteiger partial charge in [0.1, 0.15) is 0 Å². The minimum atomic E-state index is 0.0311. The van der Waals surface area contributed by atoms with Crippen LogP contribution in [0.25, 0.3) is 0 Å². The predicted molar refractivity (Wildman–Crippen MR) is 65.4 cm³/mol. The molecule has 1 saturated carbocycles. The van der Waals surface area contributed by atoms with E-state index in [0.717, 1.165) is 12.3 Å². The molecular weight excluding hydrogens is 216 g/mol. The van der Waals surface area contributed by atoms with Crippen LogP contribution in [0.3, 0.4) is 0 Å². The zero-order valence-electron chi connectivity index (χ0n) is 10.6. The van der Waals surface area contributed by atoms with Crippen molar-refractivity contribution in [3.05, 3.63) is 0 Å². The van der Waals surface area contributed by atoms with Crippen LogP contribution in [0.4, 0.5) is 0 Å². The van der Waals surface area contributed by atoms with Crippen molar-refractivity contribution in [2.45, 2.75) is 51.0 Å². The van der Waals surface area contributed by atoms with Gasteiger partial charge in [-0.05, 0) is 12.3 Å². The van der Waals surface area contributed by atoms with Gasteiger partial charge in [-0.15, -0.1) is 0 Å². The molecule has 2 amide bonds. The minimum Gasteiger partial charge on any atom is -0.351 e. The Morgan fingerprint density at radius 2 is 2.12 bits per heavy atom. The van der Waals surface area contributed by atoms with Crippen molar-refractivity contribution in [1.29, 1.82) is 0 Å². The molecule has 4 nitrogen and oxygen atoms in total. The predicted octanol–water partition coefficient (Wildman–Crippen LogP) is 1.30. The molecule has 1 heterocycles. The highest BCUT2D eigenvalue weighted by Crippen LogP contribution is 2.28. The molecule has 96 valence electrons. The van der Waals surface area contributed by atoms with Gasteiger partial charge in [-0.25, -0.2) is 0 Å². The third-order valence-electron chi connectivity index (χ3n) is 3.96. The molecule has 1 N–H and O–H groups in total. The molecule has 1 aliphatic carbocycles. The number of carbonyl (C=O) groups excluding carboxylic acids is 2. The average Bonchev–Trinajstić information content (AvgIpc) is 2.87. The highest BCUT2D eigenvalue weighted by atomic mass is 16.2. The molecule has 0 bridgehead atoms. The number of likely N-dealkylation sites (tertiary alicyclic amines) is 1. The first-order valence-corrected chi connectivity index (χ1v) is 6.68. The van der Waals surface area contributed by atoms with Gasteiger partial charge in [-0.1, -0.05) is 25.7 Å². The average molecular weight is 238 g/mol. The summed E-state index contributed by atoms with van der Waals surface area (Å²) < 4.78 is 0. The van der Waals surface area contributed by atoms with Crippen LogP contribution in [0.5, 0.6) is 0 Å². The summed E-state index contributed by atoms with van der Waals surface area (Å²) in [4.78, 5) is 24.7. The van der Waals surface area contributed by atoms with Gasteiger partial charge in [-0.3, -0.25) is 9.59 Å². The molecule has 1 aliphatic heterocycles. The summed E-state index contributed by atoms with van der Waals surface area (Å²) in [5, 5.41) is 2.96. The molecular formula is C13H22N2O2. The van der Waals surface area contributed by atoms with Gasteiger partial charge >= 0.3 is 0 Å². The van der Waals surface area contributed by atoms with Crippen LogP contribution in [0.2, 0.25) is 0 Å². The van der Waals surface area contributed by atoms with E-state index in [1.165, 1.54) is 25.7 Å². The number of hydrogen-bond donors (Lipinski definition) is 1.